The van der Waals surface area contributed by atoms with Crippen LogP contribution < -0.4 is 4.72 Å². The first-order valence-electron chi connectivity index (χ1n) is 8.22. The van der Waals surface area contributed by atoms with Gasteiger partial charge in [-0.25, -0.2) is 13.2 Å². The van der Waals surface area contributed by atoms with Gasteiger partial charge in [-0.2, -0.15) is 0 Å². The minimum atomic E-state index is -3.82. The van der Waals surface area contributed by atoms with Gasteiger partial charge in [0.1, 0.15) is 11.3 Å². The van der Waals surface area contributed by atoms with Crippen LogP contribution in [0.4, 0.5) is 5.69 Å². The van der Waals surface area contributed by atoms with Crippen molar-refractivity contribution in [1.82, 2.24) is 0 Å². The average molecular weight is 408 g/mol. The van der Waals surface area contributed by atoms with Crippen LogP contribution in [0.3, 0.4) is 0 Å². The number of nitrogens with one attached hydrogen (secondary N) is 1. The van der Waals surface area contributed by atoms with E-state index in [0.717, 1.165) is 0 Å². The van der Waals surface area contributed by atoms with E-state index in [1.165, 1.54) is 18.2 Å². The van der Waals surface area contributed by atoms with Gasteiger partial charge in [0.2, 0.25) is 0 Å². The van der Waals surface area contributed by atoms with E-state index < -0.39 is 16.0 Å². The largest absolute Gasteiger partial charge is 0.462 e. The molecule has 0 saturated heterocycles. The van der Waals surface area contributed by atoms with Crippen molar-refractivity contribution in [1.29, 1.82) is 0 Å². The van der Waals surface area contributed by atoms with Crippen molar-refractivity contribution < 1.29 is 22.4 Å². The monoisotopic (exact) mass is 407 g/mol. The number of hydrogen-bond donors (Lipinski definition) is 1. The number of furan rings is 1. The Hall–Kier alpha value is -2.51. The number of benzene rings is 2. The third-order valence-electron chi connectivity index (χ3n) is 4.04. The van der Waals surface area contributed by atoms with Crippen LogP contribution in [0.1, 0.15) is 28.6 Å². The van der Waals surface area contributed by atoms with Crippen LogP contribution in [0.15, 0.2) is 45.7 Å². The van der Waals surface area contributed by atoms with E-state index in [0.29, 0.717) is 22.3 Å². The van der Waals surface area contributed by atoms with Crippen LogP contribution in [0.2, 0.25) is 5.02 Å². The fourth-order valence-electron chi connectivity index (χ4n) is 2.86. The summed E-state index contributed by atoms with van der Waals surface area (Å²) in [5.74, 6) is -0.201. The molecule has 0 spiro atoms. The lowest BCUT2D eigenvalue weighted by atomic mass is 10.1. The fourth-order valence-corrected chi connectivity index (χ4v) is 4.41. The van der Waals surface area contributed by atoms with E-state index in [1.54, 1.807) is 39.0 Å². The zero-order valence-electron chi connectivity index (χ0n) is 15.0. The molecule has 3 rings (SSSR count). The lowest BCUT2D eigenvalue weighted by Crippen LogP contribution is -2.14. The molecule has 0 saturated carbocycles. The molecule has 0 bridgehead atoms. The highest BCUT2D eigenvalue weighted by atomic mass is 35.5. The second-order valence-corrected chi connectivity index (χ2v) is 8.02. The number of carbonyl (C=O) groups is 1. The van der Waals surface area contributed by atoms with E-state index in [2.05, 4.69) is 4.72 Å². The highest BCUT2D eigenvalue weighted by Crippen LogP contribution is 2.35. The Kier molecular flexibility index (Phi) is 5.17. The number of ether oxygens (including phenoxy) is 1. The summed E-state index contributed by atoms with van der Waals surface area (Å²) in [7, 11) is -3.82. The summed E-state index contributed by atoms with van der Waals surface area (Å²) in [6.07, 6.45) is 0. The molecule has 1 aromatic heterocycles. The predicted octanol–water partition coefficient (Wildman–Crippen LogP) is 4.68. The van der Waals surface area contributed by atoms with Crippen molar-refractivity contribution in [2.75, 3.05) is 11.3 Å². The Morgan fingerprint density at radius 1 is 1.22 bits per heavy atom. The number of aryl methyl sites for hydroxylation is 2. The van der Waals surface area contributed by atoms with Gasteiger partial charge in [0, 0.05) is 5.39 Å². The molecule has 27 heavy (non-hydrogen) atoms. The van der Waals surface area contributed by atoms with E-state index >= 15 is 0 Å². The molecular formula is C19H18ClNO5S. The molecule has 142 valence electrons. The number of carbonyl (C=O) groups excluding carboxylic acids is 1. The third kappa shape index (κ3) is 3.65. The number of fused-ring (bicyclic) bond motifs is 1. The number of sulfonamides is 1. The average Bonchev–Trinajstić information content (AvgIpc) is 2.91. The molecule has 0 aliphatic rings. The maximum Gasteiger partial charge on any atom is 0.342 e. The van der Waals surface area contributed by atoms with Crippen LogP contribution >= 0.6 is 11.6 Å². The standard InChI is InChI=1S/C19H18ClNO5S/c1-4-25-19(22)17-12(3)26-18-14(17)9-13(10-15(18)20)21-27(23,24)16-8-6-5-7-11(16)2/h5-10,21H,4H2,1-3H3. The molecular weight excluding hydrogens is 390 g/mol. The Morgan fingerprint density at radius 2 is 1.93 bits per heavy atom. The first-order valence-corrected chi connectivity index (χ1v) is 10.1. The van der Waals surface area contributed by atoms with Crippen molar-refractivity contribution in [2.45, 2.75) is 25.7 Å². The zero-order valence-corrected chi connectivity index (χ0v) is 16.6. The fraction of sp³-hybridized carbons (Fsp3) is 0.211. The van der Waals surface area contributed by atoms with E-state index in [4.69, 9.17) is 20.8 Å². The first-order chi connectivity index (χ1) is 12.7. The molecule has 0 unspecified atom stereocenters. The van der Waals surface area contributed by atoms with Crippen LogP contribution in [0.25, 0.3) is 11.0 Å². The molecule has 2 aromatic carbocycles. The number of hydrogen-bond acceptors (Lipinski definition) is 5. The molecule has 0 fully saturated rings. The predicted molar refractivity (Wildman–Crippen MR) is 104 cm³/mol. The molecule has 6 nitrogen and oxygen atoms in total. The Labute approximate surface area is 162 Å². The molecule has 0 aliphatic heterocycles. The molecule has 1 N–H and O–H groups in total. The number of esters is 1. The molecule has 0 amide bonds. The summed E-state index contributed by atoms with van der Waals surface area (Å²) in [5.41, 5.74) is 1.37. The highest BCUT2D eigenvalue weighted by molar-refractivity contribution is 7.92. The number of halogens is 1. The molecule has 0 radical (unpaired) electrons. The Morgan fingerprint density at radius 3 is 2.59 bits per heavy atom. The lowest BCUT2D eigenvalue weighted by Gasteiger charge is -2.11. The second kappa shape index (κ2) is 7.25. The second-order valence-electron chi connectivity index (χ2n) is 5.96. The minimum absolute atomic E-state index is 0.162. The topological polar surface area (TPSA) is 85.6 Å². The van der Waals surface area contributed by atoms with Gasteiger partial charge in [0.25, 0.3) is 10.0 Å². The van der Waals surface area contributed by atoms with Gasteiger partial charge in [-0.3, -0.25) is 4.72 Å². The highest BCUT2D eigenvalue weighted by Gasteiger charge is 2.23. The van der Waals surface area contributed by atoms with Crippen LogP contribution in [0.5, 0.6) is 0 Å². The van der Waals surface area contributed by atoms with Crippen LogP contribution in [0, 0.1) is 13.8 Å². The van der Waals surface area contributed by atoms with Crippen LogP contribution in [-0.2, 0) is 14.8 Å². The van der Waals surface area contributed by atoms with E-state index in [1.807, 2.05) is 0 Å². The van der Waals surface area contributed by atoms with Gasteiger partial charge in [-0.05, 0) is 44.5 Å². The minimum Gasteiger partial charge on any atom is -0.462 e. The Bertz CT molecular complexity index is 1130. The van der Waals surface area contributed by atoms with Crippen molar-refractivity contribution in [3.05, 3.63) is 58.3 Å². The molecule has 8 heteroatoms. The van der Waals surface area contributed by atoms with Gasteiger partial charge in [0.15, 0.2) is 5.58 Å². The van der Waals surface area contributed by atoms with Crippen molar-refractivity contribution >= 4 is 44.3 Å². The quantitative estimate of drug-likeness (QED) is 0.620. The number of rotatable bonds is 5. The summed E-state index contributed by atoms with van der Waals surface area (Å²) in [6.45, 7) is 5.24. The molecule has 3 aromatic rings. The van der Waals surface area contributed by atoms with Gasteiger partial charge < -0.3 is 9.15 Å². The van der Waals surface area contributed by atoms with Crippen molar-refractivity contribution in [3.63, 3.8) is 0 Å². The normalized spacial score (nSPS) is 11.6. The van der Waals surface area contributed by atoms with Gasteiger partial charge in [0.05, 0.1) is 22.2 Å². The zero-order chi connectivity index (χ0) is 19.8. The summed E-state index contributed by atoms with van der Waals surface area (Å²) >= 11 is 6.25. The van der Waals surface area contributed by atoms with E-state index in [-0.39, 0.29) is 27.8 Å². The van der Waals surface area contributed by atoms with Crippen LogP contribution in [-0.4, -0.2) is 21.0 Å². The van der Waals surface area contributed by atoms with Crippen molar-refractivity contribution in [3.8, 4) is 0 Å². The summed E-state index contributed by atoms with van der Waals surface area (Å²) in [6, 6.07) is 9.59. The summed E-state index contributed by atoms with van der Waals surface area (Å²) < 4.78 is 38.6. The number of anilines is 1. The first kappa shape index (κ1) is 19.3. The third-order valence-corrected chi connectivity index (χ3v) is 5.86. The molecule has 0 aliphatic carbocycles. The van der Waals surface area contributed by atoms with Crippen molar-refractivity contribution in [2.24, 2.45) is 0 Å². The lowest BCUT2D eigenvalue weighted by molar-refractivity contribution is 0.0526. The van der Waals surface area contributed by atoms with Gasteiger partial charge >= 0.3 is 5.97 Å². The van der Waals surface area contributed by atoms with Gasteiger partial charge in [-0.15, -0.1) is 0 Å². The SMILES string of the molecule is CCOC(=O)c1c(C)oc2c(Cl)cc(NS(=O)(=O)c3ccccc3C)cc12. The van der Waals surface area contributed by atoms with E-state index in [9.17, 15) is 13.2 Å². The molecule has 0 atom stereocenters. The smallest absolute Gasteiger partial charge is 0.342 e. The summed E-state index contributed by atoms with van der Waals surface area (Å²) in [5, 5.41) is 0.578. The summed E-state index contributed by atoms with van der Waals surface area (Å²) in [4.78, 5) is 12.4. The maximum atomic E-state index is 12.7. The van der Waals surface area contributed by atoms with Gasteiger partial charge in [-0.1, -0.05) is 29.8 Å². The Balaban J connectivity index is 2.10. The molecule has 1 heterocycles. The maximum absolute atomic E-state index is 12.7.